The van der Waals surface area contributed by atoms with Crippen LogP contribution in [0.15, 0.2) is 0 Å². The molecule has 0 unspecified atom stereocenters. The number of hydrogen-bond donors (Lipinski definition) is 3. The van der Waals surface area contributed by atoms with E-state index in [2.05, 4.69) is 38.3 Å². The monoisotopic (exact) mass is 256 g/mol. The Labute approximate surface area is 108 Å². The highest BCUT2D eigenvalue weighted by Crippen LogP contribution is 2.45. The summed E-state index contributed by atoms with van der Waals surface area (Å²) < 4.78 is 0. The van der Waals surface area contributed by atoms with E-state index in [9.17, 15) is 9.59 Å². The number of amides is 2. The molecule has 0 saturated heterocycles. The van der Waals surface area contributed by atoms with E-state index in [1.165, 1.54) is 0 Å². The third-order valence-corrected chi connectivity index (χ3v) is 3.29. The average molecular weight is 256 g/mol. The molecule has 0 heterocycles. The highest BCUT2D eigenvalue weighted by molar-refractivity contribution is 5.79. The zero-order valence-corrected chi connectivity index (χ0v) is 11.7. The predicted molar refractivity (Wildman–Crippen MR) is 69.4 cm³/mol. The lowest BCUT2D eigenvalue weighted by atomic mass is 9.63. The summed E-state index contributed by atoms with van der Waals surface area (Å²) in [6, 6.07) is -0.284. The zero-order chi connectivity index (χ0) is 14.0. The minimum absolute atomic E-state index is 0.109. The van der Waals surface area contributed by atoms with Gasteiger partial charge in [-0.25, -0.2) is 4.79 Å². The van der Waals surface area contributed by atoms with Gasteiger partial charge in [0.2, 0.25) is 0 Å². The molecule has 3 N–H and O–H groups in total. The maximum atomic E-state index is 11.6. The van der Waals surface area contributed by atoms with Crippen molar-refractivity contribution in [3.8, 4) is 0 Å². The van der Waals surface area contributed by atoms with E-state index in [1.807, 2.05) is 0 Å². The van der Waals surface area contributed by atoms with E-state index in [4.69, 9.17) is 5.11 Å². The Bertz CT molecular complexity index is 321. The van der Waals surface area contributed by atoms with Crippen LogP contribution in [0.25, 0.3) is 0 Å². The molecule has 1 aliphatic rings. The number of carboxylic acids is 1. The second kappa shape index (κ2) is 5.16. The highest BCUT2D eigenvalue weighted by atomic mass is 16.4. The van der Waals surface area contributed by atoms with Crippen LogP contribution in [-0.4, -0.2) is 29.7 Å². The molecule has 5 heteroatoms. The summed E-state index contributed by atoms with van der Waals surface area (Å²) in [5.74, 6) is -1.03. The molecule has 1 saturated carbocycles. The van der Waals surface area contributed by atoms with Crippen LogP contribution in [0.4, 0.5) is 4.79 Å². The molecule has 5 nitrogen and oxygen atoms in total. The van der Waals surface area contributed by atoms with Crippen LogP contribution in [0.2, 0.25) is 0 Å². The van der Waals surface area contributed by atoms with Crippen LogP contribution in [-0.2, 0) is 4.79 Å². The van der Waals surface area contributed by atoms with Crippen molar-refractivity contribution in [2.75, 3.05) is 6.54 Å². The summed E-state index contributed by atoms with van der Waals surface area (Å²) in [4.78, 5) is 21.9. The molecule has 0 aliphatic heterocycles. The molecule has 0 aromatic heterocycles. The van der Waals surface area contributed by atoms with E-state index >= 15 is 0 Å². The van der Waals surface area contributed by atoms with Crippen molar-refractivity contribution in [2.45, 2.75) is 53.0 Å². The van der Waals surface area contributed by atoms with Crippen molar-refractivity contribution in [1.82, 2.24) is 10.6 Å². The largest absolute Gasteiger partial charge is 0.480 e. The first-order valence-corrected chi connectivity index (χ1v) is 6.36. The van der Waals surface area contributed by atoms with Gasteiger partial charge in [-0.05, 0) is 30.1 Å². The third-order valence-electron chi connectivity index (χ3n) is 3.29. The third kappa shape index (κ3) is 4.94. The first kappa shape index (κ1) is 14.8. The van der Waals surface area contributed by atoms with E-state index in [1.54, 1.807) is 0 Å². The first-order chi connectivity index (χ1) is 8.10. The van der Waals surface area contributed by atoms with Crippen molar-refractivity contribution in [3.63, 3.8) is 0 Å². The second-order valence-electron chi connectivity index (χ2n) is 6.83. The van der Waals surface area contributed by atoms with Crippen LogP contribution in [0.3, 0.4) is 0 Å². The van der Waals surface area contributed by atoms with Crippen molar-refractivity contribution in [1.29, 1.82) is 0 Å². The topological polar surface area (TPSA) is 78.4 Å². The minimum atomic E-state index is -1.03. The Balaban J connectivity index is 2.51. The van der Waals surface area contributed by atoms with Gasteiger partial charge < -0.3 is 15.7 Å². The summed E-state index contributed by atoms with van der Waals surface area (Å²) >= 11 is 0. The van der Waals surface area contributed by atoms with Crippen LogP contribution >= 0.6 is 0 Å². The molecule has 18 heavy (non-hydrogen) atoms. The van der Waals surface area contributed by atoms with Gasteiger partial charge in [0.15, 0.2) is 0 Å². The SMILES string of the molecule is CC1(C)CC(NC(=O)NCC(=O)O)CC(C)(C)C1. The molecule has 104 valence electrons. The molecule has 1 aliphatic carbocycles. The Morgan fingerprint density at radius 1 is 1.17 bits per heavy atom. The number of carboxylic acid groups (broad SMARTS) is 1. The number of nitrogens with one attached hydrogen (secondary N) is 2. The second-order valence-corrected chi connectivity index (χ2v) is 6.83. The fourth-order valence-corrected chi connectivity index (χ4v) is 3.34. The molecule has 0 spiro atoms. The normalized spacial score (nSPS) is 22.2. The number of carbonyl (C=O) groups excluding carboxylic acids is 1. The Hall–Kier alpha value is -1.26. The van der Waals surface area contributed by atoms with Gasteiger partial charge in [-0.3, -0.25) is 4.79 Å². The van der Waals surface area contributed by atoms with Gasteiger partial charge in [-0.2, -0.15) is 0 Å². The van der Waals surface area contributed by atoms with Crippen molar-refractivity contribution >= 4 is 12.0 Å². The van der Waals surface area contributed by atoms with Gasteiger partial charge in [-0.15, -0.1) is 0 Å². The average Bonchev–Trinajstić information content (AvgIpc) is 2.09. The number of hydrogen-bond acceptors (Lipinski definition) is 2. The molecule has 0 aromatic carbocycles. The van der Waals surface area contributed by atoms with Gasteiger partial charge >= 0.3 is 12.0 Å². The van der Waals surface area contributed by atoms with E-state index in [0.717, 1.165) is 19.3 Å². The maximum absolute atomic E-state index is 11.6. The lowest BCUT2D eigenvalue weighted by molar-refractivity contribution is -0.135. The van der Waals surface area contributed by atoms with Crippen LogP contribution < -0.4 is 10.6 Å². The van der Waals surface area contributed by atoms with Crippen LogP contribution in [0, 0.1) is 10.8 Å². The highest BCUT2D eigenvalue weighted by Gasteiger charge is 2.38. The van der Waals surface area contributed by atoms with Crippen LogP contribution in [0.1, 0.15) is 47.0 Å². The van der Waals surface area contributed by atoms with Gasteiger partial charge in [0.25, 0.3) is 0 Å². The van der Waals surface area contributed by atoms with Crippen molar-refractivity contribution in [2.24, 2.45) is 10.8 Å². The van der Waals surface area contributed by atoms with Crippen molar-refractivity contribution in [3.05, 3.63) is 0 Å². The number of aliphatic carboxylic acids is 1. The summed E-state index contributed by atoms with van der Waals surface area (Å²) in [6.07, 6.45) is 2.99. The Kier molecular flexibility index (Phi) is 4.24. The molecular weight excluding hydrogens is 232 g/mol. The van der Waals surface area contributed by atoms with Gasteiger partial charge in [0.05, 0.1) is 0 Å². The maximum Gasteiger partial charge on any atom is 0.323 e. The van der Waals surface area contributed by atoms with Crippen molar-refractivity contribution < 1.29 is 14.7 Å². The molecule has 1 fully saturated rings. The molecule has 0 bridgehead atoms. The lowest BCUT2D eigenvalue weighted by Crippen LogP contribution is -2.49. The molecule has 0 radical (unpaired) electrons. The molecule has 0 aromatic rings. The number of urea groups is 1. The molecule has 2 amide bonds. The van der Waals surface area contributed by atoms with Gasteiger partial charge in [0.1, 0.15) is 6.54 Å². The summed E-state index contributed by atoms with van der Waals surface area (Å²) in [5, 5.41) is 13.7. The first-order valence-electron chi connectivity index (χ1n) is 6.36. The van der Waals surface area contributed by atoms with Gasteiger partial charge in [-0.1, -0.05) is 27.7 Å². The Morgan fingerprint density at radius 2 is 1.67 bits per heavy atom. The van der Waals surface area contributed by atoms with E-state index in [-0.39, 0.29) is 23.4 Å². The minimum Gasteiger partial charge on any atom is -0.480 e. The Morgan fingerprint density at radius 3 is 2.11 bits per heavy atom. The van der Waals surface area contributed by atoms with E-state index in [0.29, 0.717) is 0 Å². The van der Waals surface area contributed by atoms with Gasteiger partial charge in [0, 0.05) is 6.04 Å². The fraction of sp³-hybridized carbons (Fsp3) is 0.846. The zero-order valence-electron chi connectivity index (χ0n) is 11.7. The smallest absolute Gasteiger partial charge is 0.323 e. The summed E-state index contributed by atoms with van der Waals surface area (Å²) in [7, 11) is 0. The van der Waals surface area contributed by atoms with Crippen LogP contribution in [0.5, 0.6) is 0 Å². The molecular formula is C13H24N2O3. The lowest BCUT2D eigenvalue weighted by Gasteiger charge is -2.45. The fourth-order valence-electron chi connectivity index (χ4n) is 3.34. The summed E-state index contributed by atoms with van der Waals surface area (Å²) in [5.41, 5.74) is 0.402. The quantitative estimate of drug-likeness (QED) is 0.722. The standard InChI is InChI=1S/C13H24N2O3/c1-12(2)5-9(6-13(3,4)8-12)15-11(18)14-7-10(16)17/h9H,5-8H2,1-4H3,(H,16,17)(H2,14,15,18). The molecule has 0 atom stereocenters. The number of rotatable bonds is 3. The molecule has 1 rings (SSSR count). The predicted octanol–water partition coefficient (Wildman–Crippen LogP) is 1.98. The number of carbonyl (C=O) groups is 2. The van der Waals surface area contributed by atoms with E-state index < -0.39 is 12.0 Å². The summed E-state index contributed by atoms with van der Waals surface area (Å²) in [6.45, 7) is 8.48.